The summed E-state index contributed by atoms with van der Waals surface area (Å²) < 4.78 is 49.3. The minimum atomic E-state index is -1.91. The maximum absolute atomic E-state index is 10.8. The number of hydrogen-bond donors (Lipinski definition) is 14. The zero-order valence-corrected chi connectivity index (χ0v) is 26.2. The van der Waals surface area contributed by atoms with Crippen molar-refractivity contribution in [1.29, 1.82) is 0 Å². The summed E-state index contributed by atoms with van der Waals surface area (Å²) in [6, 6.07) is 0. The van der Waals surface area contributed by atoms with E-state index in [0.29, 0.717) is 0 Å². The van der Waals surface area contributed by atoms with Gasteiger partial charge in [-0.1, -0.05) is 0 Å². The molecule has 5 unspecified atom stereocenters. The predicted octanol–water partition coefficient (Wildman–Crippen LogP) is -10.0. The second kappa shape index (κ2) is 17.0. The fraction of sp³-hybridized carbons (Fsp3) is 1.00. The minimum Gasteiger partial charge on any atom is -0.394 e. The van der Waals surface area contributed by atoms with Crippen molar-refractivity contribution < 1.29 is 114 Å². The van der Waals surface area contributed by atoms with E-state index in [-0.39, 0.29) is 0 Å². The average molecular weight is 739 g/mol. The van der Waals surface area contributed by atoms with Crippen molar-refractivity contribution in [2.75, 3.05) is 33.0 Å². The van der Waals surface area contributed by atoms with Crippen LogP contribution in [0.4, 0.5) is 0 Å². The van der Waals surface area contributed by atoms with Crippen molar-refractivity contribution in [1.82, 2.24) is 0 Å². The number of aliphatic hydroxyl groups excluding tert-OH is 14. The van der Waals surface area contributed by atoms with Gasteiger partial charge in [-0.15, -0.1) is 0 Å². The maximum atomic E-state index is 10.8. The molecule has 23 heteroatoms. The monoisotopic (exact) mass is 738 g/mol. The molecular formula is C27H46O23. The van der Waals surface area contributed by atoms with Gasteiger partial charge in [0.2, 0.25) is 0 Å². The molecule has 5 aliphatic rings. The van der Waals surface area contributed by atoms with Crippen LogP contribution in [-0.2, 0) is 42.6 Å². The van der Waals surface area contributed by atoms with Crippen LogP contribution < -0.4 is 0 Å². The number of hydrogen-bond acceptors (Lipinski definition) is 23. The van der Waals surface area contributed by atoms with Crippen LogP contribution >= 0.6 is 0 Å². The fourth-order valence-electron chi connectivity index (χ4n) is 6.17. The number of aliphatic hydroxyl groups is 14. The highest BCUT2D eigenvalue weighted by molar-refractivity contribution is 4.96. The topological polar surface area (TPSA) is 366 Å². The van der Waals surface area contributed by atoms with Crippen LogP contribution in [0.15, 0.2) is 0 Å². The second-order valence-electron chi connectivity index (χ2n) is 12.6. The molecule has 14 N–H and O–H groups in total. The van der Waals surface area contributed by atoms with Crippen molar-refractivity contribution in [3.63, 3.8) is 0 Å². The molecule has 0 spiro atoms. The van der Waals surface area contributed by atoms with Gasteiger partial charge in [0.05, 0.1) is 33.0 Å². The Morgan fingerprint density at radius 3 is 1.18 bits per heavy atom. The molecule has 0 bridgehead atoms. The lowest BCUT2D eigenvalue weighted by Gasteiger charge is -2.46. The highest BCUT2D eigenvalue weighted by Gasteiger charge is 2.54. The summed E-state index contributed by atoms with van der Waals surface area (Å²) in [5.41, 5.74) is 0. The SMILES string of the molecule is OC[C@H]1OC(O[C@@H]2C(OC[C@H]3OC(O[C@@H]4C(OC[C@H]5OC(O)[C@@H](O)[C@@H]5O)O[C@H](CO)[C@H]4O)[C@@H](O)[C@@H]3O)O[C@H](CO)[C@@H](O)[C@@H]2O)[C@@H](O)[C@@H](O)[C@@H]1O. The zero-order valence-electron chi connectivity index (χ0n) is 26.2. The summed E-state index contributed by atoms with van der Waals surface area (Å²) in [6.07, 6.45) is -35.6. The smallest absolute Gasteiger partial charge is 0.187 e. The molecule has 0 aromatic rings. The van der Waals surface area contributed by atoms with Gasteiger partial charge in [0.15, 0.2) is 31.5 Å². The lowest BCUT2D eigenvalue weighted by molar-refractivity contribution is -0.369. The zero-order chi connectivity index (χ0) is 36.6. The minimum absolute atomic E-state index is 0.485. The first kappa shape index (κ1) is 40.3. The van der Waals surface area contributed by atoms with Gasteiger partial charge >= 0.3 is 0 Å². The van der Waals surface area contributed by atoms with Crippen molar-refractivity contribution in [2.45, 2.75) is 135 Å². The van der Waals surface area contributed by atoms with E-state index in [9.17, 15) is 71.5 Å². The summed E-state index contributed by atoms with van der Waals surface area (Å²) in [4.78, 5) is 0. The Labute approximate surface area is 282 Å². The van der Waals surface area contributed by atoms with Crippen molar-refractivity contribution in [2.24, 2.45) is 0 Å². The second-order valence-corrected chi connectivity index (χ2v) is 12.6. The van der Waals surface area contributed by atoms with Gasteiger partial charge in [-0.2, -0.15) is 0 Å². The van der Waals surface area contributed by atoms with Gasteiger partial charge in [0.25, 0.3) is 0 Å². The molecule has 0 aromatic heterocycles. The molecule has 0 aliphatic carbocycles. The van der Waals surface area contributed by atoms with E-state index in [1.165, 1.54) is 0 Å². The molecule has 50 heavy (non-hydrogen) atoms. The Morgan fingerprint density at radius 1 is 0.340 bits per heavy atom. The van der Waals surface area contributed by atoms with Crippen LogP contribution in [0.3, 0.4) is 0 Å². The number of ether oxygens (including phenoxy) is 9. The van der Waals surface area contributed by atoms with Crippen molar-refractivity contribution >= 4 is 0 Å². The van der Waals surface area contributed by atoms with E-state index >= 15 is 0 Å². The fourth-order valence-corrected chi connectivity index (χ4v) is 6.17. The molecule has 0 aromatic carbocycles. The van der Waals surface area contributed by atoms with E-state index in [1.54, 1.807) is 0 Å². The van der Waals surface area contributed by atoms with Crippen LogP contribution in [0.2, 0.25) is 0 Å². The quantitative estimate of drug-likeness (QED) is 0.0834. The summed E-state index contributed by atoms with van der Waals surface area (Å²) >= 11 is 0. The Hall–Kier alpha value is -0.920. The first-order chi connectivity index (χ1) is 23.7. The Kier molecular flexibility index (Phi) is 13.7. The highest BCUT2D eigenvalue weighted by Crippen LogP contribution is 2.34. The summed E-state index contributed by atoms with van der Waals surface area (Å²) in [5.74, 6) is 0. The lowest BCUT2D eigenvalue weighted by Crippen LogP contribution is -2.64. The first-order valence-electron chi connectivity index (χ1n) is 15.8. The van der Waals surface area contributed by atoms with Crippen molar-refractivity contribution in [3.8, 4) is 0 Å². The highest BCUT2D eigenvalue weighted by atomic mass is 16.8. The lowest BCUT2D eigenvalue weighted by atomic mass is 9.97. The van der Waals surface area contributed by atoms with Crippen LogP contribution in [-0.4, -0.2) is 240 Å². The largest absolute Gasteiger partial charge is 0.394 e. The van der Waals surface area contributed by atoms with Crippen LogP contribution in [0, 0.1) is 0 Å². The average Bonchev–Trinajstić information content (AvgIpc) is 3.65. The van der Waals surface area contributed by atoms with Crippen molar-refractivity contribution in [3.05, 3.63) is 0 Å². The van der Waals surface area contributed by atoms with E-state index in [1.807, 2.05) is 0 Å². The third-order valence-corrected chi connectivity index (χ3v) is 9.24. The molecule has 0 radical (unpaired) electrons. The van der Waals surface area contributed by atoms with Gasteiger partial charge in [-0.25, -0.2) is 0 Å². The molecule has 23 nitrogen and oxygen atoms in total. The van der Waals surface area contributed by atoms with Gasteiger partial charge in [0.1, 0.15) is 104 Å². The van der Waals surface area contributed by atoms with E-state index in [2.05, 4.69) is 0 Å². The Morgan fingerprint density at radius 2 is 0.700 bits per heavy atom. The van der Waals surface area contributed by atoms with Gasteiger partial charge in [-0.05, 0) is 0 Å². The third kappa shape index (κ3) is 8.10. The van der Waals surface area contributed by atoms with Gasteiger partial charge < -0.3 is 114 Å². The summed E-state index contributed by atoms with van der Waals surface area (Å²) in [6.45, 7) is -3.43. The summed E-state index contributed by atoms with van der Waals surface area (Å²) in [7, 11) is 0. The molecule has 22 atom stereocenters. The Balaban J connectivity index is 1.22. The molecule has 5 saturated heterocycles. The molecule has 5 fully saturated rings. The maximum Gasteiger partial charge on any atom is 0.187 e. The standard InChI is InChI=1S/C27H46O23/c28-1-6-11(31)16(36)20(40)25(45-6)50-22-17(37)12(32)7(2-29)46-27(22)43-5-10-14(34)19(39)24(48-10)49-21-15(35)8(3-30)47-26(21)42-4-9-13(33)18(38)23(41)44-9/h6-41H,1-5H2/t6-,7-,8-,9-,10-,11-,12-,13-,14-,15-,16+,17+,18+,19+,20+,21+,22+,23?,24?,25?,26?,27?/m1/s1. The normalized spacial score (nSPS) is 52.9. The van der Waals surface area contributed by atoms with Crippen LogP contribution in [0.5, 0.6) is 0 Å². The van der Waals surface area contributed by atoms with Crippen LogP contribution in [0.25, 0.3) is 0 Å². The molecule has 0 amide bonds. The van der Waals surface area contributed by atoms with Gasteiger partial charge in [-0.3, -0.25) is 0 Å². The predicted molar refractivity (Wildman–Crippen MR) is 148 cm³/mol. The molecule has 5 rings (SSSR count). The molecule has 0 saturated carbocycles. The van der Waals surface area contributed by atoms with Crippen LogP contribution in [0.1, 0.15) is 0 Å². The molecule has 292 valence electrons. The summed E-state index contributed by atoms with van der Waals surface area (Å²) in [5, 5.41) is 142. The Bertz CT molecular complexity index is 1060. The van der Waals surface area contributed by atoms with E-state index in [4.69, 9.17) is 42.6 Å². The third-order valence-electron chi connectivity index (χ3n) is 9.24. The van der Waals surface area contributed by atoms with Gasteiger partial charge in [0, 0.05) is 0 Å². The number of rotatable bonds is 13. The van der Waals surface area contributed by atoms with E-state index in [0.717, 1.165) is 0 Å². The first-order valence-corrected chi connectivity index (χ1v) is 15.8. The van der Waals surface area contributed by atoms with E-state index < -0.39 is 168 Å². The molecule has 5 aliphatic heterocycles. The molecular weight excluding hydrogens is 692 g/mol. The molecule has 5 heterocycles.